The molecule has 0 radical (unpaired) electrons. The van der Waals surface area contributed by atoms with Crippen LogP contribution in [0.25, 0.3) is 0 Å². The van der Waals surface area contributed by atoms with Gasteiger partial charge in [-0.25, -0.2) is 4.79 Å². The highest BCUT2D eigenvalue weighted by Crippen LogP contribution is 2.39. The second kappa shape index (κ2) is 4.90. The van der Waals surface area contributed by atoms with Crippen LogP contribution in [0.15, 0.2) is 28.7 Å². The summed E-state index contributed by atoms with van der Waals surface area (Å²) in [6.07, 6.45) is 0.648. The summed E-state index contributed by atoms with van der Waals surface area (Å²) in [6.45, 7) is 1.97. The van der Waals surface area contributed by atoms with Crippen LogP contribution in [0.4, 0.5) is 5.69 Å². The molecule has 92 valence electrons. The molecule has 2 rings (SSSR count). The maximum Gasteiger partial charge on any atom is 0.330 e. The number of rotatable bonds is 3. The molecular weight excluding hydrogens is 302 g/mol. The van der Waals surface area contributed by atoms with Crippen LogP contribution in [-0.4, -0.2) is 27.6 Å². The van der Waals surface area contributed by atoms with Gasteiger partial charge in [0.15, 0.2) is 0 Å². The molecule has 1 aromatic carbocycles. The summed E-state index contributed by atoms with van der Waals surface area (Å²) < 4.78 is 0.893. The van der Waals surface area contributed by atoms with E-state index in [9.17, 15) is 9.90 Å². The second-order valence-electron chi connectivity index (χ2n) is 4.14. The predicted octanol–water partition coefficient (Wildman–Crippen LogP) is 3.21. The first kappa shape index (κ1) is 12.8. The zero-order valence-electron chi connectivity index (χ0n) is 9.44. The van der Waals surface area contributed by atoms with Gasteiger partial charge < -0.3 is 10.4 Å². The van der Waals surface area contributed by atoms with Crippen molar-refractivity contribution in [1.29, 1.82) is 0 Å². The third-order valence-electron chi connectivity index (χ3n) is 3.17. The fourth-order valence-electron chi connectivity index (χ4n) is 2.04. The second-order valence-corrected chi connectivity index (χ2v) is 6.45. The first-order chi connectivity index (χ1) is 8.06. The van der Waals surface area contributed by atoms with E-state index in [0.29, 0.717) is 6.42 Å². The van der Waals surface area contributed by atoms with Gasteiger partial charge in [0, 0.05) is 15.4 Å². The molecule has 0 aromatic heterocycles. The quantitative estimate of drug-likeness (QED) is 0.899. The normalized spacial score (nSPS) is 28.0. The summed E-state index contributed by atoms with van der Waals surface area (Å²) in [4.78, 5) is 11.6. The number of hydrogen-bond donors (Lipinski definition) is 2. The monoisotopic (exact) mass is 315 g/mol. The number of halogens is 1. The van der Waals surface area contributed by atoms with E-state index in [0.717, 1.165) is 15.9 Å². The summed E-state index contributed by atoms with van der Waals surface area (Å²) in [6, 6.07) is 7.61. The first-order valence-electron chi connectivity index (χ1n) is 5.44. The molecule has 0 saturated carbocycles. The van der Waals surface area contributed by atoms with Crippen molar-refractivity contribution in [3.05, 3.63) is 28.7 Å². The van der Waals surface area contributed by atoms with Crippen LogP contribution in [0.3, 0.4) is 0 Å². The highest BCUT2D eigenvalue weighted by atomic mass is 79.9. The van der Waals surface area contributed by atoms with Gasteiger partial charge in [0.2, 0.25) is 0 Å². The smallest absolute Gasteiger partial charge is 0.330 e. The van der Waals surface area contributed by atoms with Crippen molar-refractivity contribution >= 4 is 39.3 Å². The number of para-hydroxylation sites is 1. The minimum Gasteiger partial charge on any atom is -0.479 e. The number of carboxylic acid groups (broad SMARTS) is 1. The van der Waals surface area contributed by atoms with Gasteiger partial charge in [0.1, 0.15) is 5.54 Å². The maximum atomic E-state index is 11.6. The Balaban J connectivity index is 2.31. The fraction of sp³-hybridized carbons (Fsp3) is 0.417. The Hall–Kier alpha value is -0.680. The van der Waals surface area contributed by atoms with Gasteiger partial charge in [-0.2, -0.15) is 11.8 Å². The molecule has 0 spiro atoms. The van der Waals surface area contributed by atoms with Crippen molar-refractivity contribution in [2.75, 3.05) is 11.1 Å². The van der Waals surface area contributed by atoms with Crippen molar-refractivity contribution < 1.29 is 9.90 Å². The van der Waals surface area contributed by atoms with Crippen LogP contribution < -0.4 is 5.32 Å². The largest absolute Gasteiger partial charge is 0.479 e. The molecule has 0 amide bonds. The van der Waals surface area contributed by atoms with E-state index in [-0.39, 0.29) is 5.25 Å². The number of hydrogen-bond acceptors (Lipinski definition) is 3. The fourth-order valence-corrected chi connectivity index (χ4v) is 3.78. The Labute approximate surface area is 113 Å². The zero-order valence-corrected chi connectivity index (χ0v) is 11.8. The van der Waals surface area contributed by atoms with Crippen LogP contribution >= 0.6 is 27.7 Å². The van der Waals surface area contributed by atoms with Gasteiger partial charge in [-0.1, -0.05) is 19.1 Å². The van der Waals surface area contributed by atoms with Crippen molar-refractivity contribution in [2.45, 2.75) is 24.1 Å². The van der Waals surface area contributed by atoms with E-state index in [2.05, 4.69) is 21.2 Å². The number of aliphatic carboxylic acids is 1. The average Bonchev–Trinajstić information content (AvgIpc) is 2.65. The molecule has 1 aliphatic rings. The molecule has 3 nitrogen and oxygen atoms in total. The van der Waals surface area contributed by atoms with E-state index in [4.69, 9.17) is 0 Å². The molecule has 0 bridgehead atoms. The summed E-state index contributed by atoms with van der Waals surface area (Å²) in [5, 5.41) is 12.8. The van der Waals surface area contributed by atoms with Crippen LogP contribution in [-0.2, 0) is 4.79 Å². The predicted molar refractivity (Wildman–Crippen MR) is 74.7 cm³/mol. The molecule has 2 N–H and O–H groups in total. The van der Waals surface area contributed by atoms with E-state index in [1.165, 1.54) is 0 Å². The molecule has 2 unspecified atom stereocenters. The summed E-state index contributed by atoms with van der Waals surface area (Å²) in [7, 11) is 0. The lowest BCUT2D eigenvalue weighted by molar-refractivity contribution is -0.142. The third-order valence-corrected chi connectivity index (χ3v) is 5.21. The molecular formula is C12H14BrNO2S. The molecule has 1 heterocycles. The standard InChI is InChI=1S/C12H14BrNO2S/c1-8-12(11(15)16,6-7-17-8)14-10-5-3-2-4-9(10)13/h2-5,8,14H,6-7H2,1H3,(H,15,16). The number of carbonyl (C=O) groups is 1. The Kier molecular flexibility index (Phi) is 3.68. The Morgan fingerprint density at radius 2 is 2.29 bits per heavy atom. The highest BCUT2D eigenvalue weighted by Gasteiger charge is 2.48. The Morgan fingerprint density at radius 3 is 2.82 bits per heavy atom. The maximum absolute atomic E-state index is 11.6. The van der Waals surface area contributed by atoms with E-state index in [1.807, 2.05) is 31.2 Å². The lowest BCUT2D eigenvalue weighted by Gasteiger charge is -2.31. The van der Waals surface area contributed by atoms with Gasteiger partial charge in [0.25, 0.3) is 0 Å². The number of benzene rings is 1. The highest BCUT2D eigenvalue weighted by molar-refractivity contribution is 9.10. The first-order valence-corrected chi connectivity index (χ1v) is 7.28. The molecule has 0 aliphatic carbocycles. The van der Waals surface area contributed by atoms with Crippen LogP contribution in [0, 0.1) is 0 Å². The number of nitrogens with one attached hydrogen (secondary N) is 1. The molecule has 1 fully saturated rings. The number of anilines is 1. The number of carboxylic acids is 1. The van der Waals surface area contributed by atoms with Crippen LogP contribution in [0.1, 0.15) is 13.3 Å². The van der Waals surface area contributed by atoms with E-state index in [1.54, 1.807) is 11.8 Å². The molecule has 17 heavy (non-hydrogen) atoms. The van der Waals surface area contributed by atoms with Gasteiger partial charge in [0.05, 0.1) is 0 Å². The molecule has 2 atom stereocenters. The SMILES string of the molecule is CC1SCCC1(Nc1ccccc1Br)C(=O)O. The van der Waals surface area contributed by atoms with Crippen molar-refractivity contribution in [2.24, 2.45) is 0 Å². The van der Waals surface area contributed by atoms with Crippen LogP contribution in [0.2, 0.25) is 0 Å². The lowest BCUT2D eigenvalue weighted by atomic mass is 9.92. The molecule has 1 aromatic rings. The summed E-state index contributed by atoms with van der Waals surface area (Å²) in [5.74, 6) is 0.107. The minimum absolute atomic E-state index is 0.0621. The summed E-state index contributed by atoms with van der Waals surface area (Å²) in [5.41, 5.74) is -0.0154. The van der Waals surface area contributed by atoms with Crippen LogP contribution in [0.5, 0.6) is 0 Å². The Bertz CT molecular complexity index is 440. The third kappa shape index (κ3) is 2.31. The summed E-state index contributed by atoms with van der Waals surface area (Å²) >= 11 is 5.13. The van der Waals surface area contributed by atoms with Crippen molar-refractivity contribution in [3.8, 4) is 0 Å². The lowest BCUT2D eigenvalue weighted by Crippen LogP contribution is -2.50. The van der Waals surface area contributed by atoms with Gasteiger partial charge >= 0.3 is 5.97 Å². The molecule has 1 aliphatic heterocycles. The molecule has 5 heteroatoms. The van der Waals surface area contributed by atoms with Gasteiger partial charge in [-0.05, 0) is 40.2 Å². The van der Waals surface area contributed by atoms with E-state index < -0.39 is 11.5 Å². The zero-order chi connectivity index (χ0) is 12.5. The topological polar surface area (TPSA) is 49.3 Å². The van der Waals surface area contributed by atoms with Crippen molar-refractivity contribution in [1.82, 2.24) is 0 Å². The van der Waals surface area contributed by atoms with Crippen molar-refractivity contribution in [3.63, 3.8) is 0 Å². The molecule has 1 saturated heterocycles. The Morgan fingerprint density at radius 1 is 1.59 bits per heavy atom. The average molecular weight is 316 g/mol. The minimum atomic E-state index is -0.853. The number of thioether (sulfide) groups is 1. The van der Waals surface area contributed by atoms with Gasteiger partial charge in [-0.15, -0.1) is 0 Å². The van der Waals surface area contributed by atoms with E-state index >= 15 is 0 Å². The van der Waals surface area contributed by atoms with Gasteiger partial charge in [-0.3, -0.25) is 0 Å².